The second-order valence-electron chi connectivity index (χ2n) is 6.55. The molecule has 6 nitrogen and oxygen atoms in total. The van der Waals surface area contributed by atoms with Crippen molar-refractivity contribution in [1.82, 2.24) is 19.7 Å². The Morgan fingerprint density at radius 1 is 1.26 bits per heavy atom. The van der Waals surface area contributed by atoms with Crippen molar-refractivity contribution in [1.29, 1.82) is 0 Å². The highest BCUT2D eigenvalue weighted by molar-refractivity contribution is 5.92. The molecule has 0 aliphatic rings. The van der Waals surface area contributed by atoms with E-state index in [0.717, 1.165) is 16.8 Å². The molecule has 1 atom stereocenters. The van der Waals surface area contributed by atoms with Gasteiger partial charge in [0.05, 0.1) is 17.9 Å². The van der Waals surface area contributed by atoms with Gasteiger partial charge in [0.25, 0.3) is 0 Å². The lowest BCUT2D eigenvalue weighted by Crippen LogP contribution is -2.32. The van der Waals surface area contributed by atoms with Crippen molar-refractivity contribution < 1.29 is 9.18 Å². The van der Waals surface area contributed by atoms with E-state index in [1.54, 1.807) is 30.1 Å². The molecule has 0 spiro atoms. The van der Waals surface area contributed by atoms with Gasteiger partial charge in [-0.3, -0.25) is 9.69 Å². The Labute approximate surface area is 157 Å². The molecule has 1 aromatic heterocycles. The lowest BCUT2D eigenvalue weighted by Gasteiger charge is -2.24. The Morgan fingerprint density at radius 3 is 2.63 bits per heavy atom. The summed E-state index contributed by atoms with van der Waals surface area (Å²) >= 11 is 0. The number of hydrogen-bond donors (Lipinski definition) is 1. The molecule has 0 fully saturated rings. The van der Waals surface area contributed by atoms with Gasteiger partial charge in [0, 0.05) is 6.04 Å². The van der Waals surface area contributed by atoms with Gasteiger partial charge < -0.3 is 5.32 Å². The maximum absolute atomic E-state index is 13.9. The standard InChI is InChI=1S/C20H22FN5O/c1-14-4-9-19(18(21)10-14)24-20(27)11-25(3)15(2)16-5-7-17(8-6-16)26-13-22-12-23-26/h4-10,12-13,15H,11H2,1-3H3,(H,24,27). The summed E-state index contributed by atoms with van der Waals surface area (Å²) in [5, 5.41) is 6.73. The molecule has 3 rings (SSSR count). The number of hydrogen-bond acceptors (Lipinski definition) is 4. The van der Waals surface area contributed by atoms with E-state index in [9.17, 15) is 9.18 Å². The highest BCUT2D eigenvalue weighted by Gasteiger charge is 2.16. The van der Waals surface area contributed by atoms with E-state index in [4.69, 9.17) is 0 Å². The summed E-state index contributed by atoms with van der Waals surface area (Å²) in [5.41, 5.74) is 2.99. The third kappa shape index (κ3) is 4.57. The highest BCUT2D eigenvalue weighted by Crippen LogP contribution is 2.20. The summed E-state index contributed by atoms with van der Waals surface area (Å²) in [6.07, 6.45) is 3.12. The number of amides is 1. The minimum absolute atomic E-state index is 0.0170. The van der Waals surface area contributed by atoms with Crippen LogP contribution >= 0.6 is 0 Å². The average molecular weight is 367 g/mol. The zero-order valence-electron chi connectivity index (χ0n) is 15.6. The van der Waals surface area contributed by atoms with Gasteiger partial charge in [-0.15, -0.1) is 0 Å². The summed E-state index contributed by atoms with van der Waals surface area (Å²) in [6.45, 7) is 3.97. The minimum atomic E-state index is -0.428. The molecule has 140 valence electrons. The number of nitrogens with one attached hydrogen (secondary N) is 1. The van der Waals surface area contributed by atoms with Gasteiger partial charge in [-0.2, -0.15) is 5.10 Å². The van der Waals surface area contributed by atoms with Crippen LogP contribution in [-0.4, -0.2) is 39.2 Å². The molecular weight excluding hydrogens is 345 g/mol. The van der Waals surface area contributed by atoms with E-state index >= 15 is 0 Å². The fourth-order valence-electron chi connectivity index (χ4n) is 2.78. The number of carbonyl (C=O) groups excluding carboxylic acids is 1. The minimum Gasteiger partial charge on any atom is -0.322 e. The van der Waals surface area contributed by atoms with Gasteiger partial charge in [-0.25, -0.2) is 14.1 Å². The number of halogens is 1. The Balaban J connectivity index is 1.61. The van der Waals surface area contributed by atoms with Gasteiger partial charge in [-0.05, 0) is 56.3 Å². The normalized spacial score (nSPS) is 12.2. The molecule has 0 radical (unpaired) electrons. The molecule has 7 heteroatoms. The summed E-state index contributed by atoms with van der Waals surface area (Å²) < 4.78 is 15.6. The second-order valence-corrected chi connectivity index (χ2v) is 6.55. The molecule has 1 N–H and O–H groups in total. The SMILES string of the molecule is Cc1ccc(NC(=O)CN(C)C(C)c2ccc(-n3cncn3)cc2)c(F)c1. The summed E-state index contributed by atoms with van der Waals surface area (Å²) in [5.74, 6) is -0.686. The molecule has 1 heterocycles. The van der Waals surface area contributed by atoms with Gasteiger partial charge in [0.1, 0.15) is 18.5 Å². The number of nitrogens with zero attached hydrogens (tertiary/aromatic N) is 4. The summed E-state index contributed by atoms with van der Waals surface area (Å²) in [7, 11) is 1.86. The van der Waals surface area contributed by atoms with Crippen LogP contribution in [0.1, 0.15) is 24.1 Å². The highest BCUT2D eigenvalue weighted by atomic mass is 19.1. The zero-order valence-corrected chi connectivity index (χ0v) is 15.6. The van der Waals surface area contributed by atoms with E-state index in [2.05, 4.69) is 15.4 Å². The molecule has 0 saturated heterocycles. The summed E-state index contributed by atoms with van der Waals surface area (Å²) in [4.78, 5) is 18.1. The Kier molecular flexibility index (Phi) is 5.61. The van der Waals surface area contributed by atoms with Crippen molar-refractivity contribution in [2.45, 2.75) is 19.9 Å². The third-order valence-electron chi connectivity index (χ3n) is 4.51. The number of likely N-dealkylation sites (N-methyl/N-ethyl adjacent to an activating group) is 1. The molecule has 1 amide bonds. The molecule has 0 aliphatic carbocycles. The van der Waals surface area contributed by atoms with Crippen molar-refractivity contribution in [3.05, 3.63) is 72.1 Å². The first-order valence-electron chi connectivity index (χ1n) is 8.65. The van der Waals surface area contributed by atoms with Gasteiger partial charge in [0.15, 0.2) is 0 Å². The zero-order chi connectivity index (χ0) is 19.4. The molecule has 2 aromatic carbocycles. The first kappa shape index (κ1) is 18.7. The van der Waals surface area contributed by atoms with E-state index in [1.807, 2.05) is 43.1 Å². The number of aromatic nitrogens is 3. The molecule has 27 heavy (non-hydrogen) atoms. The fraction of sp³-hybridized carbons (Fsp3) is 0.250. The van der Waals surface area contributed by atoms with Crippen LogP contribution in [0.3, 0.4) is 0 Å². The molecule has 0 aliphatic heterocycles. The van der Waals surface area contributed by atoms with Gasteiger partial charge in [-0.1, -0.05) is 18.2 Å². The fourth-order valence-corrected chi connectivity index (χ4v) is 2.78. The number of anilines is 1. The smallest absolute Gasteiger partial charge is 0.238 e. The quantitative estimate of drug-likeness (QED) is 0.726. The Hall–Kier alpha value is -3.06. The van der Waals surface area contributed by atoms with Crippen molar-refractivity contribution >= 4 is 11.6 Å². The third-order valence-corrected chi connectivity index (χ3v) is 4.51. The van der Waals surface area contributed by atoms with Crippen molar-refractivity contribution in [2.75, 3.05) is 18.9 Å². The molecular formula is C20H22FN5O. The predicted molar refractivity (Wildman–Crippen MR) is 102 cm³/mol. The number of benzene rings is 2. The van der Waals surface area contributed by atoms with Gasteiger partial charge >= 0.3 is 0 Å². The first-order valence-corrected chi connectivity index (χ1v) is 8.65. The van der Waals surface area contributed by atoms with Crippen LogP contribution in [0.2, 0.25) is 0 Å². The number of aryl methyl sites for hydroxylation is 1. The van der Waals surface area contributed by atoms with Gasteiger partial charge in [0.2, 0.25) is 5.91 Å². The summed E-state index contributed by atoms with van der Waals surface area (Å²) in [6, 6.07) is 12.7. The Morgan fingerprint density at radius 2 is 2.00 bits per heavy atom. The van der Waals surface area contributed by atoms with Crippen LogP contribution in [0.15, 0.2) is 55.1 Å². The van der Waals surface area contributed by atoms with E-state index < -0.39 is 5.82 Å². The monoisotopic (exact) mass is 367 g/mol. The number of carbonyl (C=O) groups is 1. The van der Waals surface area contributed by atoms with Crippen LogP contribution in [0.5, 0.6) is 0 Å². The molecule has 3 aromatic rings. The topological polar surface area (TPSA) is 63.1 Å². The average Bonchev–Trinajstić information content (AvgIpc) is 3.18. The number of rotatable bonds is 6. The van der Waals surface area contributed by atoms with Crippen LogP contribution in [-0.2, 0) is 4.79 Å². The van der Waals surface area contributed by atoms with Crippen molar-refractivity contribution in [2.24, 2.45) is 0 Å². The van der Waals surface area contributed by atoms with E-state index in [1.165, 1.54) is 12.4 Å². The van der Waals surface area contributed by atoms with Crippen LogP contribution < -0.4 is 5.32 Å². The maximum Gasteiger partial charge on any atom is 0.238 e. The van der Waals surface area contributed by atoms with Crippen molar-refractivity contribution in [3.63, 3.8) is 0 Å². The predicted octanol–water partition coefficient (Wildman–Crippen LogP) is 3.35. The van der Waals surface area contributed by atoms with Crippen LogP contribution in [0, 0.1) is 12.7 Å². The molecule has 1 unspecified atom stereocenters. The lowest BCUT2D eigenvalue weighted by molar-refractivity contribution is -0.117. The Bertz CT molecular complexity index is 909. The lowest BCUT2D eigenvalue weighted by atomic mass is 10.1. The largest absolute Gasteiger partial charge is 0.322 e. The van der Waals surface area contributed by atoms with Crippen LogP contribution in [0.25, 0.3) is 5.69 Å². The second kappa shape index (κ2) is 8.09. The first-order chi connectivity index (χ1) is 12.9. The van der Waals surface area contributed by atoms with Crippen LogP contribution in [0.4, 0.5) is 10.1 Å². The molecule has 0 saturated carbocycles. The van der Waals surface area contributed by atoms with E-state index in [0.29, 0.717) is 0 Å². The van der Waals surface area contributed by atoms with Crippen molar-refractivity contribution in [3.8, 4) is 5.69 Å². The maximum atomic E-state index is 13.9. The van der Waals surface area contributed by atoms with E-state index in [-0.39, 0.29) is 24.2 Å². The molecule has 0 bridgehead atoms.